The van der Waals surface area contributed by atoms with Gasteiger partial charge in [-0.15, -0.1) is 0 Å². The van der Waals surface area contributed by atoms with Crippen LogP contribution >= 0.6 is 27.7 Å². The van der Waals surface area contributed by atoms with Gasteiger partial charge in [0, 0.05) is 17.8 Å². The predicted molar refractivity (Wildman–Crippen MR) is 76.5 cm³/mol. The van der Waals surface area contributed by atoms with Crippen molar-refractivity contribution in [1.82, 2.24) is 10.3 Å². The highest BCUT2D eigenvalue weighted by atomic mass is 79.9. The number of aromatic nitrogens is 1. The standard InChI is InChI=1S/C12H17BrN2OS/c1-3-17-7-5-9(2)15-12(16)10-4-6-14-11(13)8-10/h4,6,8-9H,3,5,7H2,1-2H3,(H,15,16). The van der Waals surface area contributed by atoms with Gasteiger partial charge in [0.1, 0.15) is 4.60 Å². The molecule has 1 atom stereocenters. The van der Waals surface area contributed by atoms with Crippen molar-refractivity contribution in [2.75, 3.05) is 11.5 Å². The Morgan fingerprint density at radius 2 is 2.41 bits per heavy atom. The highest BCUT2D eigenvalue weighted by molar-refractivity contribution is 9.10. The monoisotopic (exact) mass is 316 g/mol. The minimum Gasteiger partial charge on any atom is -0.350 e. The molecule has 1 N–H and O–H groups in total. The number of carbonyl (C=O) groups is 1. The van der Waals surface area contributed by atoms with Crippen LogP contribution in [0.5, 0.6) is 0 Å². The van der Waals surface area contributed by atoms with Crippen LogP contribution in [0.4, 0.5) is 0 Å². The number of hydrogen-bond donors (Lipinski definition) is 1. The SMILES string of the molecule is CCSCCC(C)NC(=O)c1ccnc(Br)c1. The summed E-state index contributed by atoms with van der Waals surface area (Å²) in [5.74, 6) is 2.16. The Bertz CT molecular complexity index is 373. The average molecular weight is 317 g/mol. The first-order valence-electron chi connectivity index (χ1n) is 5.63. The fraction of sp³-hybridized carbons (Fsp3) is 0.500. The molecule has 0 aliphatic rings. The van der Waals surface area contributed by atoms with Crippen molar-refractivity contribution >= 4 is 33.6 Å². The molecule has 1 amide bonds. The zero-order valence-electron chi connectivity index (χ0n) is 10.1. The van der Waals surface area contributed by atoms with Gasteiger partial charge in [-0.25, -0.2) is 4.98 Å². The normalized spacial score (nSPS) is 12.2. The number of carbonyl (C=O) groups excluding carboxylic acids is 1. The molecule has 3 nitrogen and oxygen atoms in total. The van der Waals surface area contributed by atoms with Crippen molar-refractivity contribution in [3.8, 4) is 0 Å². The minimum atomic E-state index is -0.0397. The number of halogens is 1. The maximum atomic E-state index is 11.9. The van der Waals surface area contributed by atoms with E-state index in [0.29, 0.717) is 10.2 Å². The van der Waals surface area contributed by atoms with E-state index in [1.54, 1.807) is 18.3 Å². The molecule has 17 heavy (non-hydrogen) atoms. The van der Waals surface area contributed by atoms with Gasteiger partial charge < -0.3 is 5.32 Å². The smallest absolute Gasteiger partial charge is 0.251 e. The molecule has 1 unspecified atom stereocenters. The lowest BCUT2D eigenvalue weighted by atomic mass is 10.2. The van der Waals surface area contributed by atoms with E-state index in [2.05, 4.69) is 33.2 Å². The molecule has 0 aliphatic carbocycles. The van der Waals surface area contributed by atoms with Crippen molar-refractivity contribution in [2.45, 2.75) is 26.3 Å². The Morgan fingerprint density at radius 3 is 3.06 bits per heavy atom. The van der Waals surface area contributed by atoms with Crippen molar-refractivity contribution in [1.29, 1.82) is 0 Å². The van der Waals surface area contributed by atoms with Crippen LogP contribution in [0.2, 0.25) is 0 Å². The molecule has 0 saturated carbocycles. The van der Waals surface area contributed by atoms with Gasteiger partial charge in [-0.1, -0.05) is 6.92 Å². The minimum absolute atomic E-state index is 0.0397. The Labute approximate surface area is 115 Å². The quantitative estimate of drug-likeness (QED) is 0.647. The van der Waals surface area contributed by atoms with Crippen LogP contribution in [0.1, 0.15) is 30.6 Å². The van der Waals surface area contributed by atoms with Crippen molar-refractivity contribution in [3.63, 3.8) is 0 Å². The predicted octanol–water partition coefficient (Wildman–Crippen LogP) is 3.11. The first-order chi connectivity index (χ1) is 8.13. The number of rotatable bonds is 6. The summed E-state index contributed by atoms with van der Waals surface area (Å²) in [5, 5.41) is 2.98. The van der Waals surface area contributed by atoms with E-state index in [-0.39, 0.29) is 11.9 Å². The molecule has 5 heteroatoms. The van der Waals surface area contributed by atoms with Crippen molar-refractivity contribution in [2.24, 2.45) is 0 Å². The van der Waals surface area contributed by atoms with Crippen LogP contribution < -0.4 is 5.32 Å². The summed E-state index contributed by atoms with van der Waals surface area (Å²) in [5.41, 5.74) is 0.641. The van der Waals surface area contributed by atoms with Crippen LogP contribution in [-0.4, -0.2) is 28.4 Å². The van der Waals surface area contributed by atoms with E-state index in [1.165, 1.54) is 0 Å². The molecule has 94 valence electrons. The van der Waals surface area contributed by atoms with Gasteiger partial charge in [-0.3, -0.25) is 4.79 Å². The Hall–Kier alpha value is -0.550. The van der Waals surface area contributed by atoms with Crippen molar-refractivity contribution < 1.29 is 4.79 Å². The van der Waals surface area contributed by atoms with E-state index in [1.807, 2.05) is 18.7 Å². The second-order valence-electron chi connectivity index (χ2n) is 3.73. The van der Waals surface area contributed by atoms with Gasteiger partial charge in [0.15, 0.2) is 0 Å². The summed E-state index contributed by atoms with van der Waals surface area (Å²) < 4.78 is 0.680. The molecule has 1 aromatic rings. The second kappa shape index (κ2) is 7.71. The molecule has 0 aromatic carbocycles. The molecule has 1 heterocycles. The molecular weight excluding hydrogens is 300 g/mol. The first kappa shape index (κ1) is 14.5. The summed E-state index contributed by atoms with van der Waals surface area (Å²) in [4.78, 5) is 15.9. The maximum Gasteiger partial charge on any atom is 0.251 e. The van der Waals surface area contributed by atoms with Gasteiger partial charge in [0.2, 0.25) is 0 Å². The molecule has 0 radical (unpaired) electrons. The number of thioether (sulfide) groups is 1. The zero-order valence-corrected chi connectivity index (χ0v) is 12.5. The summed E-state index contributed by atoms with van der Waals surface area (Å²) in [6, 6.07) is 3.64. The van der Waals surface area contributed by atoms with Gasteiger partial charge in [-0.05, 0) is 52.9 Å². The summed E-state index contributed by atoms with van der Waals surface area (Å²) in [7, 11) is 0. The van der Waals surface area contributed by atoms with E-state index in [4.69, 9.17) is 0 Å². The lowest BCUT2D eigenvalue weighted by molar-refractivity contribution is 0.0939. The third-order valence-electron chi connectivity index (χ3n) is 2.27. The fourth-order valence-electron chi connectivity index (χ4n) is 1.33. The Balaban J connectivity index is 2.43. The van der Waals surface area contributed by atoms with Crippen LogP contribution in [0.25, 0.3) is 0 Å². The number of pyridine rings is 1. The van der Waals surface area contributed by atoms with Crippen LogP contribution in [0.3, 0.4) is 0 Å². The topological polar surface area (TPSA) is 42.0 Å². The molecule has 0 bridgehead atoms. The third kappa shape index (κ3) is 5.55. The highest BCUT2D eigenvalue weighted by Crippen LogP contribution is 2.09. The van der Waals surface area contributed by atoms with Gasteiger partial charge in [0.25, 0.3) is 5.91 Å². The Kier molecular flexibility index (Phi) is 6.58. The molecule has 0 saturated heterocycles. The fourth-order valence-corrected chi connectivity index (χ4v) is 2.50. The number of hydrogen-bond acceptors (Lipinski definition) is 3. The van der Waals surface area contributed by atoms with Crippen LogP contribution in [0.15, 0.2) is 22.9 Å². The molecule has 0 aliphatic heterocycles. The molecule has 1 rings (SSSR count). The lowest BCUT2D eigenvalue weighted by Gasteiger charge is -2.13. The number of nitrogens with zero attached hydrogens (tertiary/aromatic N) is 1. The van der Waals surface area contributed by atoms with E-state index in [9.17, 15) is 4.79 Å². The number of amides is 1. The Morgan fingerprint density at radius 1 is 1.65 bits per heavy atom. The van der Waals surface area contributed by atoms with Gasteiger partial charge >= 0.3 is 0 Å². The van der Waals surface area contributed by atoms with Crippen LogP contribution in [0, 0.1) is 0 Å². The third-order valence-corrected chi connectivity index (χ3v) is 3.63. The van der Waals surface area contributed by atoms with Gasteiger partial charge in [-0.2, -0.15) is 11.8 Å². The highest BCUT2D eigenvalue weighted by Gasteiger charge is 2.09. The van der Waals surface area contributed by atoms with E-state index < -0.39 is 0 Å². The summed E-state index contributed by atoms with van der Waals surface area (Å²) in [6.45, 7) is 4.17. The molecule has 1 aromatic heterocycles. The maximum absolute atomic E-state index is 11.9. The second-order valence-corrected chi connectivity index (χ2v) is 5.93. The van der Waals surface area contributed by atoms with E-state index in [0.717, 1.165) is 17.9 Å². The summed E-state index contributed by atoms with van der Waals surface area (Å²) in [6.07, 6.45) is 2.62. The molecule has 0 spiro atoms. The molecule has 0 fully saturated rings. The first-order valence-corrected chi connectivity index (χ1v) is 7.58. The zero-order chi connectivity index (χ0) is 12.7. The van der Waals surface area contributed by atoms with E-state index >= 15 is 0 Å². The lowest BCUT2D eigenvalue weighted by Crippen LogP contribution is -2.32. The number of nitrogens with one attached hydrogen (secondary N) is 1. The molecular formula is C12H17BrN2OS. The van der Waals surface area contributed by atoms with Crippen LogP contribution in [-0.2, 0) is 0 Å². The average Bonchev–Trinajstić information content (AvgIpc) is 2.29. The largest absolute Gasteiger partial charge is 0.350 e. The van der Waals surface area contributed by atoms with Gasteiger partial charge in [0.05, 0.1) is 0 Å². The summed E-state index contributed by atoms with van der Waals surface area (Å²) >= 11 is 5.15. The van der Waals surface area contributed by atoms with Crippen molar-refractivity contribution in [3.05, 3.63) is 28.5 Å².